The number of aromatic nitrogens is 4. The van der Waals surface area contributed by atoms with E-state index in [2.05, 4.69) is 25.1 Å². The molecule has 0 radical (unpaired) electrons. The van der Waals surface area contributed by atoms with Gasteiger partial charge in [-0.15, -0.1) is 15.3 Å². The van der Waals surface area contributed by atoms with Gasteiger partial charge >= 0.3 is 17.8 Å². The molecule has 0 fully saturated rings. The van der Waals surface area contributed by atoms with Crippen molar-refractivity contribution in [1.82, 2.24) is 20.4 Å². The fourth-order valence-electron chi connectivity index (χ4n) is 2.38. The molecule has 4 rings (SSSR count). The van der Waals surface area contributed by atoms with Gasteiger partial charge in [0.05, 0.1) is 10.8 Å². The molecule has 0 saturated carbocycles. The van der Waals surface area contributed by atoms with Crippen LogP contribution < -0.4 is 4.72 Å². The van der Waals surface area contributed by atoms with Gasteiger partial charge in [0.2, 0.25) is 15.9 Å². The van der Waals surface area contributed by atoms with E-state index in [9.17, 15) is 12.8 Å². The maximum absolute atomic E-state index is 13.2. The standard InChI is InChI=1S/C17H11ClFN5O4S/c18-12-8-10(6-7-13(12)19)9-29(25,26)24-17-23-22-16(28-17)15-21-20-14(27-15)11-4-2-1-3-5-11/h1-8H,9H2,(H,23,24). The summed E-state index contributed by atoms with van der Waals surface area (Å²) in [4.78, 5) is 0. The minimum absolute atomic E-state index is 0.0629. The number of rotatable bonds is 6. The van der Waals surface area contributed by atoms with Crippen LogP contribution in [0.15, 0.2) is 57.4 Å². The van der Waals surface area contributed by atoms with Gasteiger partial charge in [-0.1, -0.05) is 41.0 Å². The second-order valence-corrected chi connectivity index (χ2v) is 7.93. The molecule has 0 bridgehead atoms. The third-order valence-electron chi connectivity index (χ3n) is 3.64. The third-order valence-corrected chi connectivity index (χ3v) is 5.13. The smallest absolute Gasteiger partial charge is 0.329 e. The zero-order valence-electron chi connectivity index (χ0n) is 14.4. The summed E-state index contributed by atoms with van der Waals surface area (Å²) in [5.74, 6) is -1.08. The van der Waals surface area contributed by atoms with E-state index in [1.807, 2.05) is 18.2 Å². The van der Waals surface area contributed by atoms with Crippen molar-refractivity contribution in [2.75, 3.05) is 4.72 Å². The minimum Gasteiger partial charge on any atom is -0.412 e. The monoisotopic (exact) mass is 435 g/mol. The van der Waals surface area contributed by atoms with Gasteiger partial charge < -0.3 is 8.83 Å². The average molecular weight is 436 g/mol. The van der Waals surface area contributed by atoms with E-state index >= 15 is 0 Å². The highest BCUT2D eigenvalue weighted by Gasteiger charge is 2.20. The highest BCUT2D eigenvalue weighted by Crippen LogP contribution is 2.24. The molecule has 0 aliphatic rings. The molecule has 1 N–H and O–H groups in total. The maximum atomic E-state index is 13.2. The van der Waals surface area contributed by atoms with Crippen molar-refractivity contribution in [3.8, 4) is 23.2 Å². The number of hydrogen-bond acceptors (Lipinski definition) is 8. The van der Waals surface area contributed by atoms with E-state index in [-0.39, 0.29) is 34.3 Å². The molecule has 148 valence electrons. The second-order valence-electron chi connectivity index (χ2n) is 5.80. The summed E-state index contributed by atoms with van der Waals surface area (Å²) in [6, 6.07) is 12.3. The van der Waals surface area contributed by atoms with Crippen LogP contribution in [0, 0.1) is 5.82 Å². The van der Waals surface area contributed by atoms with E-state index in [0.717, 1.165) is 6.07 Å². The summed E-state index contributed by atoms with van der Waals surface area (Å²) in [5, 5.41) is 14.8. The topological polar surface area (TPSA) is 124 Å². The Bertz CT molecular complexity index is 1260. The summed E-state index contributed by atoms with van der Waals surface area (Å²) in [6.45, 7) is 0. The van der Waals surface area contributed by atoms with Crippen LogP contribution in [0.1, 0.15) is 5.56 Å². The number of sulfonamides is 1. The van der Waals surface area contributed by atoms with Crippen LogP contribution in [-0.4, -0.2) is 28.8 Å². The predicted octanol–water partition coefficient (Wildman–Crippen LogP) is 3.52. The predicted molar refractivity (Wildman–Crippen MR) is 101 cm³/mol. The summed E-state index contributed by atoms with van der Waals surface area (Å²) in [6.07, 6.45) is 0. The van der Waals surface area contributed by atoms with Crippen LogP contribution >= 0.6 is 11.6 Å². The lowest BCUT2D eigenvalue weighted by Gasteiger charge is -2.05. The molecule has 0 aliphatic carbocycles. The third kappa shape index (κ3) is 4.41. The summed E-state index contributed by atoms with van der Waals surface area (Å²) in [7, 11) is -3.92. The first kappa shape index (κ1) is 19.0. The summed E-state index contributed by atoms with van der Waals surface area (Å²) >= 11 is 5.67. The van der Waals surface area contributed by atoms with Gasteiger partial charge in [0.15, 0.2) is 0 Å². The molecule has 0 atom stereocenters. The van der Waals surface area contributed by atoms with Crippen molar-refractivity contribution in [2.45, 2.75) is 5.75 Å². The zero-order chi connectivity index (χ0) is 20.4. The number of benzene rings is 2. The molecule has 4 aromatic rings. The lowest BCUT2D eigenvalue weighted by Crippen LogP contribution is -2.15. The Labute approximate surface area is 168 Å². The first-order valence-corrected chi connectivity index (χ1v) is 10.1. The highest BCUT2D eigenvalue weighted by atomic mass is 35.5. The Morgan fingerprint density at radius 2 is 1.62 bits per heavy atom. The Morgan fingerprint density at radius 1 is 0.931 bits per heavy atom. The number of halogens is 2. The Hall–Kier alpha value is -3.31. The lowest BCUT2D eigenvalue weighted by molar-refractivity contribution is 0.522. The fraction of sp³-hybridized carbons (Fsp3) is 0.0588. The highest BCUT2D eigenvalue weighted by molar-refractivity contribution is 7.91. The molecule has 2 aromatic carbocycles. The molecule has 0 aliphatic heterocycles. The van der Waals surface area contributed by atoms with Gasteiger partial charge in [-0.3, -0.25) is 0 Å². The Morgan fingerprint density at radius 3 is 2.38 bits per heavy atom. The van der Waals surface area contributed by atoms with Gasteiger partial charge in [-0.25, -0.2) is 17.5 Å². The molecule has 2 aromatic heterocycles. The van der Waals surface area contributed by atoms with Crippen LogP contribution in [0.25, 0.3) is 23.2 Å². The summed E-state index contributed by atoms with van der Waals surface area (Å²) < 4.78 is 50.6. The van der Waals surface area contributed by atoms with Gasteiger partial charge in [-0.05, 0) is 29.8 Å². The van der Waals surface area contributed by atoms with E-state index in [1.54, 1.807) is 12.1 Å². The van der Waals surface area contributed by atoms with Crippen LogP contribution in [0.3, 0.4) is 0 Å². The second kappa shape index (κ2) is 7.60. The summed E-state index contributed by atoms with van der Waals surface area (Å²) in [5.41, 5.74) is 0.984. The van der Waals surface area contributed by atoms with Crippen molar-refractivity contribution in [2.24, 2.45) is 0 Å². The minimum atomic E-state index is -3.92. The Kier molecular flexibility index (Phi) is 4.99. The SMILES string of the molecule is O=S(=O)(Cc1ccc(F)c(Cl)c1)Nc1nnc(-c2nnc(-c3ccccc3)o2)o1. The molecule has 9 nitrogen and oxygen atoms in total. The number of nitrogens with one attached hydrogen (secondary N) is 1. The van der Waals surface area contributed by atoms with Crippen molar-refractivity contribution in [3.63, 3.8) is 0 Å². The number of nitrogens with zero attached hydrogens (tertiary/aromatic N) is 4. The first-order chi connectivity index (χ1) is 13.9. The van der Waals surface area contributed by atoms with Gasteiger partial charge in [0.25, 0.3) is 0 Å². The number of anilines is 1. The van der Waals surface area contributed by atoms with E-state index in [0.29, 0.717) is 5.56 Å². The maximum Gasteiger partial charge on any atom is 0.329 e. The average Bonchev–Trinajstić information content (AvgIpc) is 3.34. The molecule has 0 spiro atoms. The van der Waals surface area contributed by atoms with Crippen molar-refractivity contribution < 1.29 is 21.6 Å². The van der Waals surface area contributed by atoms with Crippen molar-refractivity contribution in [3.05, 3.63) is 64.9 Å². The first-order valence-electron chi connectivity index (χ1n) is 8.07. The van der Waals surface area contributed by atoms with Crippen LogP contribution in [0.5, 0.6) is 0 Å². The van der Waals surface area contributed by atoms with Crippen LogP contribution in [0.2, 0.25) is 5.02 Å². The molecule has 0 amide bonds. The van der Waals surface area contributed by atoms with Crippen LogP contribution in [-0.2, 0) is 15.8 Å². The Balaban J connectivity index is 1.49. The van der Waals surface area contributed by atoms with Crippen LogP contribution in [0.4, 0.5) is 10.4 Å². The van der Waals surface area contributed by atoms with Gasteiger partial charge in [0, 0.05) is 5.56 Å². The molecule has 2 heterocycles. The largest absolute Gasteiger partial charge is 0.412 e. The zero-order valence-corrected chi connectivity index (χ0v) is 16.0. The van der Waals surface area contributed by atoms with E-state index in [4.69, 9.17) is 20.4 Å². The fourth-order valence-corrected chi connectivity index (χ4v) is 3.62. The van der Waals surface area contributed by atoms with Gasteiger partial charge in [0.1, 0.15) is 5.82 Å². The number of hydrogen-bond donors (Lipinski definition) is 1. The normalized spacial score (nSPS) is 11.5. The molecule has 29 heavy (non-hydrogen) atoms. The molecule has 0 saturated heterocycles. The molecular formula is C17H11ClFN5O4S. The lowest BCUT2D eigenvalue weighted by atomic mass is 10.2. The molecule has 12 heteroatoms. The van der Waals surface area contributed by atoms with Gasteiger partial charge in [-0.2, -0.15) is 0 Å². The molecule has 0 unspecified atom stereocenters. The van der Waals surface area contributed by atoms with Crippen molar-refractivity contribution in [1.29, 1.82) is 0 Å². The van der Waals surface area contributed by atoms with E-state index in [1.165, 1.54) is 12.1 Å². The van der Waals surface area contributed by atoms with E-state index < -0.39 is 21.6 Å². The van der Waals surface area contributed by atoms with Crippen molar-refractivity contribution >= 4 is 27.6 Å². The quantitative estimate of drug-likeness (QED) is 0.487. The molecular weight excluding hydrogens is 425 g/mol.